The van der Waals surface area contributed by atoms with E-state index in [2.05, 4.69) is 29.6 Å². The number of hydrogen-bond acceptors (Lipinski definition) is 4. The third kappa shape index (κ3) is 5.04. The number of carbonyl (C=O) groups is 3. The van der Waals surface area contributed by atoms with Crippen molar-refractivity contribution in [3.05, 3.63) is 59.7 Å². The fourth-order valence-corrected chi connectivity index (χ4v) is 5.56. The molecule has 1 saturated heterocycles. The lowest BCUT2D eigenvalue weighted by Crippen LogP contribution is -2.57. The number of ether oxygens (including phenoxy) is 1. The number of likely N-dealkylation sites (tertiary alicyclic amines) is 1. The van der Waals surface area contributed by atoms with Gasteiger partial charge in [0.25, 0.3) is 0 Å². The first kappa shape index (κ1) is 24.8. The van der Waals surface area contributed by atoms with Gasteiger partial charge in [0.15, 0.2) is 0 Å². The van der Waals surface area contributed by atoms with Crippen LogP contribution in [0.3, 0.4) is 0 Å². The number of benzene rings is 2. The van der Waals surface area contributed by atoms with Crippen LogP contribution in [0.5, 0.6) is 0 Å². The minimum Gasteiger partial charge on any atom is -0.480 e. The molecule has 1 aliphatic carbocycles. The molecular weight excluding hydrogens is 444 g/mol. The highest BCUT2D eigenvalue weighted by molar-refractivity contribution is 5.85. The van der Waals surface area contributed by atoms with E-state index < -0.39 is 29.6 Å². The van der Waals surface area contributed by atoms with Crippen LogP contribution in [0.25, 0.3) is 11.1 Å². The van der Waals surface area contributed by atoms with E-state index in [1.807, 2.05) is 45.0 Å². The predicted molar refractivity (Wildman–Crippen MR) is 133 cm³/mol. The maximum absolute atomic E-state index is 13.1. The molecule has 2 atom stereocenters. The van der Waals surface area contributed by atoms with Crippen LogP contribution in [0.2, 0.25) is 0 Å². The number of carbonyl (C=O) groups excluding carboxylic acids is 2. The third-order valence-corrected chi connectivity index (χ3v) is 7.41. The van der Waals surface area contributed by atoms with Crippen molar-refractivity contribution in [2.75, 3.05) is 13.2 Å². The monoisotopic (exact) mass is 478 g/mol. The Hall–Kier alpha value is -3.35. The van der Waals surface area contributed by atoms with Crippen LogP contribution >= 0.6 is 0 Å². The van der Waals surface area contributed by atoms with Gasteiger partial charge in [-0.15, -0.1) is 0 Å². The smallest absolute Gasteiger partial charge is 0.407 e. The van der Waals surface area contributed by atoms with E-state index in [0.717, 1.165) is 35.1 Å². The van der Waals surface area contributed by atoms with Crippen molar-refractivity contribution in [2.45, 2.75) is 64.5 Å². The summed E-state index contributed by atoms with van der Waals surface area (Å²) in [5.74, 6) is -1.28. The largest absolute Gasteiger partial charge is 0.480 e. The Bertz CT molecular complexity index is 1070. The Labute approximate surface area is 206 Å². The molecule has 0 aromatic heterocycles. The number of hydrogen-bond donors (Lipinski definition) is 2. The van der Waals surface area contributed by atoms with Crippen LogP contribution in [0.1, 0.15) is 63.5 Å². The minimum absolute atomic E-state index is 0.0400. The molecule has 1 heterocycles. The Kier molecular flexibility index (Phi) is 7.15. The zero-order chi connectivity index (χ0) is 25.2. The molecule has 7 nitrogen and oxygen atoms in total. The summed E-state index contributed by atoms with van der Waals surface area (Å²) in [6, 6.07) is 15.0. The predicted octanol–water partition coefficient (Wildman–Crippen LogP) is 4.80. The van der Waals surface area contributed by atoms with Gasteiger partial charge in [-0.05, 0) is 46.9 Å². The number of amides is 2. The van der Waals surface area contributed by atoms with Crippen LogP contribution < -0.4 is 5.32 Å². The highest BCUT2D eigenvalue weighted by Gasteiger charge is 2.44. The lowest BCUT2D eigenvalue weighted by Gasteiger charge is -2.44. The van der Waals surface area contributed by atoms with Gasteiger partial charge in [0.1, 0.15) is 12.6 Å². The molecule has 1 unspecified atom stereocenters. The molecule has 0 radical (unpaired) electrons. The maximum Gasteiger partial charge on any atom is 0.407 e. The molecule has 1 aliphatic heterocycles. The lowest BCUT2D eigenvalue weighted by atomic mass is 9.76. The van der Waals surface area contributed by atoms with Crippen molar-refractivity contribution < 1.29 is 24.2 Å². The van der Waals surface area contributed by atoms with Gasteiger partial charge in [0.2, 0.25) is 5.91 Å². The molecule has 2 amide bonds. The third-order valence-electron chi connectivity index (χ3n) is 7.41. The first-order valence-corrected chi connectivity index (χ1v) is 12.4. The average Bonchev–Trinajstić information content (AvgIpc) is 3.15. The molecule has 7 heteroatoms. The molecule has 0 spiro atoms. The molecule has 4 rings (SSSR count). The topological polar surface area (TPSA) is 95.9 Å². The van der Waals surface area contributed by atoms with Crippen LogP contribution in [-0.4, -0.2) is 53.2 Å². The molecule has 1 fully saturated rings. The number of carboxylic acid groups (broad SMARTS) is 1. The fraction of sp³-hybridized carbons (Fsp3) is 0.464. The number of aliphatic carboxylic acids is 1. The first-order valence-electron chi connectivity index (χ1n) is 12.4. The van der Waals surface area contributed by atoms with Crippen molar-refractivity contribution >= 4 is 18.0 Å². The summed E-state index contributed by atoms with van der Waals surface area (Å²) in [4.78, 5) is 39.1. The molecule has 0 bridgehead atoms. The lowest BCUT2D eigenvalue weighted by molar-refractivity contribution is -0.159. The van der Waals surface area contributed by atoms with Gasteiger partial charge >= 0.3 is 12.1 Å². The number of nitrogens with one attached hydrogen (secondary N) is 1. The quantitative estimate of drug-likeness (QED) is 0.596. The number of piperidine rings is 1. The van der Waals surface area contributed by atoms with Crippen molar-refractivity contribution in [3.8, 4) is 11.1 Å². The first-order chi connectivity index (χ1) is 16.7. The zero-order valence-electron chi connectivity index (χ0n) is 20.6. The summed E-state index contributed by atoms with van der Waals surface area (Å²) in [7, 11) is 0. The summed E-state index contributed by atoms with van der Waals surface area (Å²) in [5, 5.41) is 12.6. The van der Waals surface area contributed by atoms with E-state index in [0.29, 0.717) is 13.0 Å². The average molecular weight is 479 g/mol. The number of alkyl carbamates (subject to hydrolysis) is 1. The molecule has 35 heavy (non-hydrogen) atoms. The normalized spacial score (nSPS) is 19.4. The van der Waals surface area contributed by atoms with Crippen molar-refractivity contribution in [2.24, 2.45) is 5.41 Å². The molecule has 2 aliphatic rings. The summed E-state index contributed by atoms with van der Waals surface area (Å²) in [5.41, 5.74) is 4.09. The molecular formula is C28H34N2O5. The van der Waals surface area contributed by atoms with Gasteiger partial charge in [-0.2, -0.15) is 0 Å². The summed E-state index contributed by atoms with van der Waals surface area (Å²) < 4.78 is 5.62. The van der Waals surface area contributed by atoms with Gasteiger partial charge in [-0.3, -0.25) is 4.79 Å². The standard InChI is InChI=1S/C28H34N2O5/c1-4-18(16-24(31)30-15-9-14-28(2,3)25(30)26(32)33)29-27(34)35-17-23-21-12-7-5-10-19(21)20-11-6-8-13-22(20)23/h5-8,10-13,18,23,25H,4,9,14-17H2,1-3H3,(H,29,34)(H,32,33)/t18-,25?/m0/s1. The van der Waals surface area contributed by atoms with E-state index >= 15 is 0 Å². The number of rotatable bonds is 7. The number of fused-ring (bicyclic) bond motifs is 3. The summed E-state index contributed by atoms with van der Waals surface area (Å²) in [6.45, 7) is 6.28. The Morgan fingerprint density at radius 1 is 1.09 bits per heavy atom. The van der Waals surface area contributed by atoms with Gasteiger partial charge in [-0.25, -0.2) is 9.59 Å². The number of carboxylic acids is 1. The highest BCUT2D eigenvalue weighted by atomic mass is 16.5. The summed E-state index contributed by atoms with van der Waals surface area (Å²) >= 11 is 0. The van der Waals surface area contributed by atoms with E-state index in [1.54, 1.807) is 0 Å². The van der Waals surface area contributed by atoms with Gasteiger partial charge in [0.05, 0.1) is 0 Å². The van der Waals surface area contributed by atoms with Crippen molar-refractivity contribution in [1.29, 1.82) is 0 Å². The van der Waals surface area contributed by atoms with Crippen LogP contribution in [0, 0.1) is 5.41 Å². The Balaban J connectivity index is 1.37. The minimum atomic E-state index is -0.986. The zero-order valence-corrected chi connectivity index (χ0v) is 20.6. The van der Waals surface area contributed by atoms with Gasteiger partial charge in [-0.1, -0.05) is 69.3 Å². The maximum atomic E-state index is 13.1. The highest BCUT2D eigenvalue weighted by Crippen LogP contribution is 2.44. The molecule has 0 saturated carbocycles. The van der Waals surface area contributed by atoms with Crippen molar-refractivity contribution in [1.82, 2.24) is 10.2 Å². The molecule has 2 aromatic carbocycles. The van der Waals surface area contributed by atoms with E-state index in [4.69, 9.17) is 4.74 Å². The Morgan fingerprint density at radius 2 is 1.69 bits per heavy atom. The van der Waals surface area contributed by atoms with E-state index in [9.17, 15) is 19.5 Å². The van der Waals surface area contributed by atoms with Gasteiger partial charge in [0, 0.05) is 24.9 Å². The molecule has 2 aromatic rings. The van der Waals surface area contributed by atoms with Crippen LogP contribution in [0.4, 0.5) is 4.79 Å². The van der Waals surface area contributed by atoms with Crippen LogP contribution in [0.15, 0.2) is 48.5 Å². The second-order valence-corrected chi connectivity index (χ2v) is 10.2. The second kappa shape index (κ2) is 10.1. The number of nitrogens with zero attached hydrogens (tertiary/aromatic N) is 1. The van der Waals surface area contributed by atoms with Gasteiger partial charge < -0.3 is 20.1 Å². The molecule has 186 valence electrons. The Morgan fingerprint density at radius 3 is 2.26 bits per heavy atom. The second-order valence-electron chi connectivity index (χ2n) is 10.2. The molecule has 2 N–H and O–H groups in total. The fourth-order valence-electron chi connectivity index (χ4n) is 5.56. The SMILES string of the molecule is CC[C@@H](CC(=O)N1CCCC(C)(C)C1C(=O)O)NC(=O)OCC1c2ccccc2-c2ccccc21. The van der Waals surface area contributed by atoms with Crippen LogP contribution in [-0.2, 0) is 14.3 Å². The summed E-state index contributed by atoms with van der Waals surface area (Å²) in [6.07, 6.45) is 1.52. The van der Waals surface area contributed by atoms with E-state index in [-0.39, 0.29) is 24.9 Å². The van der Waals surface area contributed by atoms with Crippen molar-refractivity contribution in [3.63, 3.8) is 0 Å². The van der Waals surface area contributed by atoms with E-state index in [1.165, 1.54) is 4.90 Å².